The van der Waals surface area contributed by atoms with Gasteiger partial charge in [0.25, 0.3) is 0 Å². The smallest absolute Gasteiger partial charge is 0.370 e. The molecule has 1 aromatic heterocycles. The summed E-state index contributed by atoms with van der Waals surface area (Å²) in [5.41, 5.74) is 0.982. The lowest BCUT2D eigenvalue weighted by atomic mass is 10.3. The van der Waals surface area contributed by atoms with E-state index in [1.807, 2.05) is 24.4 Å². The zero-order valence-electron chi connectivity index (χ0n) is 10.8. The number of nitrogen functional groups attached to an aromatic ring is 1. The first-order chi connectivity index (χ1) is 8.82. The standard InChI is InChI=1S/C10H17F3N6/c1-19(2)5-3-4-15-8-6-7(10(11,12)13)16-9(17-8)18-14/h6H,3-5,14H2,1-2H3,(H2,15,16,17,18). The van der Waals surface area contributed by atoms with Crippen LogP contribution in [-0.2, 0) is 6.18 Å². The molecule has 0 bridgehead atoms. The van der Waals surface area contributed by atoms with Crippen molar-refractivity contribution in [3.8, 4) is 0 Å². The normalized spacial score (nSPS) is 11.7. The molecule has 1 heterocycles. The summed E-state index contributed by atoms with van der Waals surface area (Å²) < 4.78 is 37.8. The Morgan fingerprint density at radius 2 is 2.00 bits per heavy atom. The van der Waals surface area contributed by atoms with Crippen LogP contribution in [0.25, 0.3) is 0 Å². The van der Waals surface area contributed by atoms with Crippen molar-refractivity contribution in [3.05, 3.63) is 11.8 Å². The molecule has 0 amide bonds. The zero-order chi connectivity index (χ0) is 14.5. The largest absolute Gasteiger partial charge is 0.433 e. The predicted molar refractivity (Wildman–Crippen MR) is 66.5 cm³/mol. The second-order valence-electron chi connectivity index (χ2n) is 4.19. The lowest BCUT2D eigenvalue weighted by molar-refractivity contribution is -0.141. The number of nitrogens with two attached hydrogens (primary N) is 1. The highest BCUT2D eigenvalue weighted by Crippen LogP contribution is 2.29. The Labute approximate surface area is 109 Å². The molecule has 4 N–H and O–H groups in total. The molecular formula is C10H17F3N6. The molecule has 1 rings (SSSR count). The average Bonchev–Trinajstić information content (AvgIpc) is 2.33. The van der Waals surface area contributed by atoms with Crippen LogP contribution < -0.4 is 16.6 Å². The second-order valence-corrected chi connectivity index (χ2v) is 4.19. The van der Waals surface area contributed by atoms with Gasteiger partial charge in [0.1, 0.15) is 5.82 Å². The van der Waals surface area contributed by atoms with Crippen LogP contribution in [0.15, 0.2) is 6.07 Å². The van der Waals surface area contributed by atoms with Crippen LogP contribution in [0.2, 0.25) is 0 Å². The molecule has 9 heteroatoms. The first-order valence-electron chi connectivity index (χ1n) is 5.64. The number of hydrazine groups is 1. The van der Waals surface area contributed by atoms with E-state index in [-0.39, 0.29) is 11.8 Å². The van der Waals surface area contributed by atoms with Gasteiger partial charge in [-0.25, -0.2) is 10.8 Å². The van der Waals surface area contributed by atoms with Crippen LogP contribution in [0, 0.1) is 0 Å². The zero-order valence-corrected chi connectivity index (χ0v) is 10.8. The van der Waals surface area contributed by atoms with E-state index >= 15 is 0 Å². The molecule has 6 nitrogen and oxygen atoms in total. The summed E-state index contributed by atoms with van der Waals surface area (Å²) in [5.74, 6) is 4.87. The third-order valence-electron chi connectivity index (χ3n) is 2.23. The maximum atomic E-state index is 12.6. The quantitative estimate of drug-likeness (QED) is 0.411. The third-order valence-corrected chi connectivity index (χ3v) is 2.23. The van der Waals surface area contributed by atoms with Gasteiger partial charge in [-0.1, -0.05) is 0 Å². The van der Waals surface area contributed by atoms with Gasteiger partial charge >= 0.3 is 6.18 Å². The van der Waals surface area contributed by atoms with Crippen LogP contribution in [0.4, 0.5) is 24.9 Å². The van der Waals surface area contributed by atoms with Crippen molar-refractivity contribution in [2.75, 3.05) is 37.9 Å². The molecule has 19 heavy (non-hydrogen) atoms. The minimum absolute atomic E-state index is 0.0917. The third kappa shape index (κ3) is 5.26. The number of rotatable bonds is 6. The Kier molecular flexibility index (Phi) is 5.31. The molecule has 0 saturated heterocycles. The highest BCUT2D eigenvalue weighted by atomic mass is 19.4. The van der Waals surface area contributed by atoms with Gasteiger partial charge in [0.15, 0.2) is 5.69 Å². The Balaban J connectivity index is 2.72. The monoisotopic (exact) mass is 278 g/mol. The number of hydrogen-bond donors (Lipinski definition) is 3. The molecule has 0 radical (unpaired) electrons. The lowest BCUT2D eigenvalue weighted by Crippen LogP contribution is -2.19. The molecule has 0 saturated carbocycles. The van der Waals surface area contributed by atoms with Gasteiger partial charge in [-0.2, -0.15) is 18.2 Å². The summed E-state index contributed by atoms with van der Waals surface area (Å²) in [6, 6.07) is 0.858. The maximum Gasteiger partial charge on any atom is 0.433 e. The Bertz CT molecular complexity index is 407. The van der Waals surface area contributed by atoms with Crippen LogP contribution in [-0.4, -0.2) is 42.1 Å². The fourth-order valence-electron chi connectivity index (χ4n) is 1.36. The lowest BCUT2D eigenvalue weighted by Gasteiger charge is -2.12. The van der Waals surface area contributed by atoms with Gasteiger partial charge in [-0.15, -0.1) is 0 Å². The first kappa shape index (κ1) is 15.4. The Morgan fingerprint density at radius 3 is 2.53 bits per heavy atom. The van der Waals surface area contributed by atoms with E-state index in [1.54, 1.807) is 0 Å². The molecule has 108 valence electrons. The predicted octanol–water partition coefficient (Wildman–Crippen LogP) is 1.14. The second kappa shape index (κ2) is 6.53. The van der Waals surface area contributed by atoms with Crippen molar-refractivity contribution in [2.45, 2.75) is 12.6 Å². The van der Waals surface area contributed by atoms with E-state index in [1.165, 1.54) is 0 Å². The van der Waals surface area contributed by atoms with E-state index < -0.39 is 11.9 Å². The Morgan fingerprint density at radius 1 is 1.32 bits per heavy atom. The van der Waals surface area contributed by atoms with E-state index in [0.29, 0.717) is 6.54 Å². The van der Waals surface area contributed by atoms with Gasteiger partial charge in [0.2, 0.25) is 5.95 Å². The molecule has 0 fully saturated rings. The van der Waals surface area contributed by atoms with Crippen molar-refractivity contribution < 1.29 is 13.2 Å². The van der Waals surface area contributed by atoms with Crippen LogP contribution in [0.3, 0.4) is 0 Å². The average molecular weight is 278 g/mol. The number of hydrogen-bond acceptors (Lipinski definition) is 6. The summed E-state index contributed by atoms with van der Waals surface area (Å²) in [6.07, 6.45) is -3.75. The van der Waals surface area contributed by atoms with Crippen LogP contribution in [0.5, 0.6) is 0 Å². The Hall–Kier alpha value is -1.61. The molecule has 0 aliphatic carbocycles. The fraction of sp³-hybridized carbons (Fsp3) is 0.600. The van der Waals surface area contributed by atoms with E-state index in [4.69, 9.17) is 5.84 Å². The topological polar surface area (TPSA) is 79.1 Å². The number of anilines is 2. The van der Waals surface area contributed by atoms with Crippen LogP contribution in [0.1, 0.15) is 12.1 Å². The number of nitrogens with zero attached hydrogens (tertiary/aromatic N) is 3. The van der Waals surface area contributed by atoms with Crippen molar-refractivity contribution in [1.82, 2.24) is 14.9 Å². The summed E-state index contributed by atoms with van der Waals surface area (Å²) in [7, 11) is 3.84. The molecule has 0 aromatic carbocycles. The summed E-state index contributed by atoms with van der Waals surface area (Å²) >= 11 is 0. The maximum absolute atomic E-state index is 12.6. The number of nitrogens with one attached hydrogen (secondary N) is 2. The highest BCUT2D eigenvalue weighted by molar-refractivity contribution is 5.42. The molecular weight excluding hydrogens is 261 g/mol. The van der Waals surface area contributed by atoms with Gasteiger partial charge in [-0.05, 0) is 27.1 Å². The number of alkyl halides is 3. The molecule has 0 aliphatic heterocycles. The van der Waals surface area contributed by atoms with Gasteiger partial charge < -0.3 is 10.2 Å². The van der Waals surface area contributed by atoms with Crippen molar-refractivity contribution >= 4 is 11.8 Å². The summed E-state index contributed by atoms with van der Waals surface area (Å²) in [4.78, 5) is 9.05. The highest BCUT2D eigenvalue weighted by Gasteiger charge is 2.33. The molecule has 0 atom stereocenters. The first-order valence-corrected chi connectivity index (χ1v) is 5.64. The van der Waals surface area contributed by atoms with Crippen LogP contribution >= 0.6 is 0 Å². The molecule has 0 unspecified atom stereocenters. The SMILES string of the molecule is CN(C)CCCNc1cc(C(F)(F)F)nc(NN)n1. The minimum Gasteiger partial charge on any atom is -0.370 e. The van der Waals surface area contributed by atoms with Crippen molar-refractivity contribution in [3.63, 3.8) is 0 Å². The van der Waals surface area contributed by atoms with Crippen molar-refractivity contribution in [1.29, 1.82) is 0 Å². The fourth-order valence-corrected chi connectivity index (χ4v) is 1.36. The van der Waals surface area contributed by atoms with Gasteiger partial charge in [-0.3, -0.25) is 5.43 Å². The number of halogens is 3. The van der Waals surface area contributed by atoms with Gasteiger partial charge in [0.05, 0.1) is 0 Å². The molecule has 1 aromatic rings. The van der Waals surface area contributed by atoms with Crippen molar-refractivity contribution in [2.24, 2.45) is 5.84 Å². The molecule has 0 aliphatic rings. The minimum atomic E-state index is -4.53. The van der Waals surface area contributed by atoms with E-state index in [9.17, 15) is 13.2 Å². The molecule has 0 spiro atoms. The summed E-state index contributed by atoms with van der Waals surface area (Å²) in [6.45, 7) is 1.34. The number of aromatic nitrogens is 2. The van der Waals surface area contributed by atoms with E-state index in [0.717, 1.165) is 19.0 Å². The van der Waals surface area contributed by atoms with E-state index in [2.05, 4.69) is 15.3 Å². The summed E-state index contributed by atoms with van der Waals surface area (Å²) in [5, 5.41) is 2.81. The van der Waals surface area contributed by atoms with Gasteiger partial charge in [0, 0.05) is 12.6 Å².